The first-order chi connectivity index (χ1) is 10.2. The molecule has 2 N–H and O–H groups in total. The second-order valence-electron chi connectivity index (χ2n) is 5.08. The van der Waals surface area contributed by atoms with Crippen LogP contribution in [0.4, 0.5) is 0 Å². The van der Waals surface area contributed by atoms with E-state index >= 15 is 0 Å². The molecule has 21 heavy (non-hydrogen) atoms. The topological polar surface area (TPSA) is 71.3 Å². The van der Waals surface area contributed by atoms with E-state index in [1.54, 1.807) is 12.1 Å². The molecule has 0 unspecified atom stereocenters. The largest absolute Gasteiger partial charge is 0.459 e. The lowest BCUT2D eigenvalue weighted by Crippen LogP contribution is -2.41. The number of benzene rings is 1. The Morgan fingerprint density at radius 1 is 0.952 bits per heavy atom. The molecule has 5 heteroatoms. The summed E-state index contributed by atoms with van der Waals surface area (Å²) in [5.74, 6) is -0.657. The molecule has 5 nitrogen and oxygen atoms in total. The number of fused-ring (bicyclic) bond motifs is 1. The molecule has 0 atom stereocenters. The minimum Gasteiger partial charge on any atom is -0.459 e. The molecule has 1 aliphatic rings. The van der Waals surface area contributed by atoms with Crippen molar-refractivity contribution < 1.29 is 14.0 Å². The van der Waals surface area contributed by atoms with Crippen LogP contribution in [0.3, 0.4) is 0 Å². The van der Waals surface area contributed by atoms with Gasteiger partial charge in [-0.25, -0.2) is 0 Å². The number of furan rings is 1. The molecular weight excluding hydrogens is 268 g/mol. The van der Waals surface area contributed by atoms with Crippen molar-refractivity contribution >= 4 is 11.8 Å². The zero-order valence-corrected chi connectivity index (χ0v) is 11.5. The summed E-state index contributed by atoms with van der Waals surface area (Å²) in [7, 11) is 0. The fraction of sp³-hybridized carbons (Fsp3) is 0.250. The molecule has 0 saturated heterocycles. The van der Waals surface area contributed by atoms with Crippen LogP contribution in [0.2, 0.25) is 0 Å². The van der Waals surface area contributed by atoms with Crippen molar-refractivity contribution in [1.29, 1.82) is 0 Å². The predicted molar refractivity (Wildman–Crippen MR) is 76.7 cm³/mol. The third-order valence-corrected chi connectivity index (χ3v) is 3.65. The molecule has 0 fully saturated rings. The molecular formula is C16H16N2O3. The summed E-state index contributed by atoms with van der Waals surface area (Å²) in [5.41, 5.74) is 7.82. The molecule has 0 aliphatic heterocycles. The normalized spacial score (nSPS) is 13.3. The van der Waals surface area contributed by atoms with Crippen molar-refractivity contribution in [1.82, 2.24) is 10.9 Å². The Morgan fingerprint density at radius 3 is 2.48 bits per heavy atom. The molecule has 0 saturated carbocycles. The SMILES string of the molecule is O=C(NNC(=O)c1ccco1)c1ccc2c(c1)CCCC2. The second kappa shape index (κ2) is 5.83. The lowest BCUT2D eigenvalue weighted by Gasteiger charge is -2.16. The Labute approximate surface area is 122 Å². The molecule has 2 aromatic rings. The average molecular weight is 284 g/mol. The summed E-state index contributed by atoms with van der Waals surface area (Å²) in [6.45, 7) is 0. The van der Waals surface area contributed by atoms with Gasteiger partial charge in [-0.2, -0.15) is 0 Å². The number of aryl methyl sites for hydroxylation is 2. The minimum atomic E-state index is -0.480. The van der Waals surface area contributed by atoms with Crippen molar-refractivity contribution in [2.24, 2.45) is 0 Å². The average Bonchev–Trinajstić information content (AvgIpc) is 3.06. The predicted octanol–water partition coefficient (Wildman–Crippen LogP) is 2.23. The highest BCUT2D eigenvalue weighted by molar-refractivity contribution is 5.98. The molecule has 1 aromatic heterocycles. The van der Waals surface area contributed by atoms with Crippen LogP contribution in [0.5, 0.6) is 0 Å². The highest BCUT2D eigenvalue weighted by Gasteiger charge is 2.14. The number of carbonyl (C=O) groups is 2. The first-order valence-corrected chi connectivity index (χ1v) is 7.00. The maximum absolute atomic E-state index is 12.0. The number of carbonyl (C=O) groups excluding carboxylic acids is 2. The first kappa shape index (κ1) is 13.4. The van der Waals surface area contributed by atoms with E-state index in [0.717, 1.165) is 19.3 Å². The number of hydrazine groups is 1. The molecule has 1 aromatic carbocycles. The Morgan fingerprint density at radius 2 is 1.71 bits per heavy atom. The van der Waals surface area contributed by atoms with E-state index in [4.69, 9.17) is 4.42 Å². The first-order valence-electron chi connectivity index (χ1n) is 7.00. The maximum Gasteiger partial charge on any atom is 0.305 e. The van der Waals surface area contributed by atoms with Gasteiger partial charge in [0.25, 0.3) is 5.91 Å². The second-order valence-corrected chi connectivity index (χ2v) is 5.08. The summed E-state index contributed by atoms with van der Waals surface area (Å²) in [5, 5.41) is 0. The van der Waals surface area contributed by atoms with Crippen molar-refractivity contribution in [2.45, 2.75) is 25.7 Å². The summed E-state index contributed by atoms with van der Waals surface area (Å²) in [6, 6.07) is 8.83. The smallest absolute Gasteiger partial charge is 0.305 e. The fourth-order valence-corrected chi connectivity index (χ4v) is 2.53. The molecule has 2 amide bonds. The van der Waals surface area contributed by atoms with Crippen molar-refractivity contribution in [3.63, 3.8) is 0 Å². The third kappa shape index (κ3) is 2.97. The lowest BCUT2D eigenvalue weighted by atomic mass is 9.90. The highest BCUT2D eigenvalue weighted by atomic mass is 16.3. The van der Waals surface area contributed by atoms with E-state index in [1.165, 1.54) is 29.9 Å². The van der Waals surface area contributed by atoms with Crippen molar-refractivity contribution in [2.75, 3.05) is 0 Å². The van der Waals surface area contributed by atoms with E-state index in [9.17, 15) is 9.59 Å². The molecule has 1 aliphatic carbocycles. The summed E-state index contributed by atoms with van der Waals surface area (Å²) >= 11 is 0. The van der Waals surface area contributed by atoms with Crippen molar-refractivity contribution in [3.05, 3.63) is 59.0 Å². The number of amides is 2. The van der Waals surface area contributed by atoms with Gasteiger partial charge in [-0.15, -0.1) is 0 Å². The Hall–Kier alpha value is -2.56. The molecule has 3 rings (SSSR count). The van der Waals surface area contributed by atoms with Crippen LogP contribution in [0, 0.1) is 0 Å². The Kier molecular flexibility index (Phi) is 3.73. The van der Waals surface area contributed by atoms with Gasteiger partial charge in [-0.05, 0) is 61.1 Å². The van der Waals surface area contributed by atoms with E-state index < -0.39 is 5.91 Å². The highest BCUT2D eigenvalue weighted by Crippen LogP contribution is 2.22. The fourth-order valence-electron chi connectivity index (χ4n) is 2.53. The quantitative estimate of drug-likeness (QED) is 0.831. The standard InChI is InChI=1S/C16H16N2O3/c19-15(17-18-16(20)14-6-3-9-21-14)13-8-7-11-4-1-2-5-12(11)10-13/h3,6-10H,1-2,4-5H2,(H,17,19)(H,18,20). The van der Waals surface area contributed by atoms with Crippen LogP contribution in [0.25, 0.3) is 0 Å². The van der Waals surface area contributed by atoms with Gasteiger partial charge >= 0.3 is 5.91 Å². The van der Waals surface area contributed by atoms with Crippen LogP contribution >= 0.6 is 0 Å². The van der Waals surface area contributed by atoms with Crippen LogP contribution < -0.4 is 10.9 Å². The number of nitrogens with one attached hydrogen (secondary N) is 2. The maximum atomic E-state index is 12.0. The van der Waals surface area contributed by atoms with Crippen molar-refractivity contribution in [3.8, 4) is 0 Å². The third-order valence-electron chi connectivity index (χ3n) is 3.65. The summed E-state index contributed by atoms with van der Waals surface area (Å²) in [4.78, 5) is 23.7. The van der Waals surface area contributed by atoms with Gasteiger partial charge in [0.15, 0.2) is 5.76 Å². The number of rotatable bonds is 2. The Bertz CT molecular complexity index is 662. The zero-order valence-electron chi connectivity index (χ0n) is 11.5. The summed E-state index contributed by atoms with van der Waals surface area (Å²) in [6.07, 6.45) is 5.85. The van der Waals surface area contributed by atoms with Gasteiger partial charge in [0.05, 0.1) is 6.26 Å². The van der Waals surface area contributed by atoms with Gasteiger partial charge < -0.3 is 4.42 Å². The van der Waals surface area contributed by atoms with E-state index in [2.05, 4.69) is 10.9 Å². The van der Waals surface area contributed by atoms with Gasteiger partial charge in [0.2, 0.25) is 0 Å². The van der Waals surface area contributed by atoms with Gasteiger partial charge in [-0.3, -0.25) is 20.4 Å². The van der Waals surface area contributed by atoms with E-state index in [0.29, 0.717) is 5.56 Å². The molecule has 1 heterocycles. The summed E-state index contributed by atoms with van der Waals surface area (Å²) < 4.78 is 4.94. The molecule has 0 bridgehead atoms. The number of hydrogen-bond donors (Lipinski definition) is 2. The Balaban J connectivity index is 1.64. The molecule has 0 radical (unpaired) electrons. The zero-order chi connectivity index (χ0) is 14.7. The van der Waals surface area contributed by atoms with Gasteiger partial charge in [0.1, 0.15) is 0 Å². The van der Waals surface area contributed by atoms with Crippen LogP contribution in [-0.2, 0) is 12.8 Å². The lowest BCUT2D eigenvalue weighted by molar-refractivity contribution is 0.0831. The minimum absolute atomic E-state index is 0.153. The van der Waals surface area contributed by atoms with Crippen LogP contribution in [-0.4, -0.2) is 11.8 Å². The van der Waals surface area contributed by atoms with Gasteiger partial charge in [-0.1, -0.05) is 6.07 Å². The monoisotopic (exact) mass is 284 g/mol. The van der Waals surface area contributed by atoms with E-state index in [-0.39, 0.29) is 11.7 Å². The van der Waals surface area contributed by atoms with Gasteiger partial charge in [0, 0.05) is 5.56 Å². The van der Waals surface area contributed by atoms with Crippen LogP contribution in [0.15, 0.2) is 41.0 Å². The number of hydrogen-bond acceptors (Lipinski definition) is 3. The van der Waals surface area contributed by atoms with Crippen LogP contribution in [0.1, 0.15) is 44.9 Å². The van der Waals surface area contributed by atoms with E-state index in [1.807, 2.05) is 12.1 Å². The molecule has 108 valence electrons. The molecule has 0 spiro atoms.